The number of para-hydroxylation sites is 2. The summed E-state index contributed by atoms with van der Waals surface area (Å²) in [6, 6.07) is 17.5. The van der Waals surface area contributed by atoms with E-state index < -0.39 is 0 Å². The van der Waals surface area contributed by atoms with Gasteiger partial charge in [0.1, 0.15) is 12.4 Å². The first-order chi connectivity index (χ1) is 12.2. The quantitative estimate of drug-likeness (QED) is 0.690. The predicted octanol–water partition coefficient (Wildman–Crippen LogP) is 4.77. The summed E-state index contributed by atoms with van der Waals surface area (Å²) in [5.41, 5.74) is 0.637. The Kier molecular flexibility index (Phi) is 5.26. The fourth-order valence-corrected chi connectivity index (χ4v) is 2.32. The van der Waals surface area contributed by atoms with Crippen LogP contribution in [0, 0.1) is 0 Å². The van der Waals surface area contributed by atoms with Gasteiger partial charge in [-0.3, -0.25) is 4.79 Å². The molecule has 25 heavy (non-hydrogen) atoms. The van der Waals surface area contributed by atoms with Gasteiger partial charge in [0.05, 0.1) is 7.11 Å². The highest BCUT2D eigenvalue weighted by atomic mass is 35.5. The van der Waals surface area contributed by atoms with Crippen molar-refractivity contribution < 1.29 is 18.7 Å². The van der Waals surface area contributed by atoms with Crippen LogP contribution in [0.25, 0.3) is 0 Å². The monoisotopic (exact) mass is 357 g/mol. The molecule has 3 aromatic rings. The number of amides is 1. The van der Waals surface area contributed by atoms with Crippen LogP contribution in [0.15, 0.2) is 65.1 Å². The largest absolute Gasteiger partial charge is 0.493 e. The fraction of sp³-hybridized carbons (Fsp3) is 0.105. The van der Waals surface area contributed by atoms with Crippen LogP contribution in [0.5, 0.6) is 11.5 Å². The van der Waals surface area contributed by atoms with Crippen LogP contribution in [0.3, 0.4) is 0 Å². The summed E-state index contributed by atoms with van der Waals surface area (Å²) in [6.07, 6.45) is 0. The highest BCUT2D eigenvalue weighted by molar-refractivity contribution is 6.30. The first kappa shape index (κ1) is 16.9. The predicted molar refractivity (Wildman–Crippen MR) is 95.4 cm³/mol. The van der Waals surface area contributed by atoms with Gasteiger partial charge in [-0.15, -0.1) is 0 Å². The Hall–Kier alpha value is -2.92. The van der Waals surface area contributed by atoms with E-state index in [2.05, 4.69) is 5.32 Å². The summed E-state index contributed by atoms with van der Waals surface area (Å²) in [5, 5.41) is 3.34. The summed E-state index contributed by atoms with van der Waals surface area (Å²) >= 11 is 5.82. The maximum absolute atomic E-state index is 12.2. The number of nitrogens with one attached hydrogen (secondary N) is 1. The van der Waals surface area contributed by atoms with Gasteiger partial charge in [-0.2, -0.15) is 0 Å². The molecule has 1 N–H and O–H groups in total. The molecule has 1 amide bonds. The van der Waals surface area contributed by atoms with Gasteiger partial charge in [-0.1, -0.05) is 23.7 Å². The maximum Gasteiger partial charge on any atom is 0.291 e. The second-order valence-corrected chi connectivity index (χ2v) is 5.60. The molecule has 0 radical (unpaired) electrons. The van der Waals surface area contributed by atoms with Crippen LogP contribution in [0.4, 0.5) is 5.69 Å². The van der Waals surface area contributed by atoms with Crippen LogP contribution in [-0.2, 0) is 6.61 Å². The lowest BCUT2D eigenvalue weighted by Gasteiger charge is -2.08. The van der Waals surface area contributed by atoms with Crippen molar-refractivity contribution in [3.05, 3.63) is 77.2 Å². The minimum absolute atomic E-state index is 0.189. The van der Waals surface area contributed by atoms with Gasteiger partial charge in [0.2, 0.25) is 0 Å². The number of carbonyl (C=O) groups excluding carboxylic acids is 1. The number of hydrogen-bond donors (Lipinski definition) is 1. The summed E-state index contributed by atoms with van der Waals surface area (Å²) < 4.78 is 16.4. The van der Waals surface area contributed by atoms with Crippen LogP contribution >= 0.6 is 11.6 Å². The molecule has 1 aromatic heterocycles. The van der Waals surface area contributed by atoms with Crippen LogP contribution < -0.4 is 14.8 Å². The fourth-order valence-electron chi connectivity index (χ4n) is 2.19. The van der Waals surface area contributed by atoms with Gasteiger partial charge in [0.15, 0.2) is 17.3 Å². The van der Waals surface area contributed by atoms with Crippen LogP contribution in [0.1, 0.15) is 16.3 Å². The molecule has 5 nitrogen and oxygen atoms in total. The van der Waals surface area contributed by atoms with Crippen molar-refractivity contribution in [1.29, 1.82) is 0 Å². The van der Waals surface area contributed by atoms with Crippen molar-refractivity contribution in [2.45, 2.75) is 6.61 Å². The van der Waals surface area contributed by atoms with E-state index >= 15 is 0 Å². The van der Waals surface area contributed by atoms with Gasteiger partial charge in [0.25, 0.3) is 5.91 Å². The average molecular weight is 358 g/mol. The molecule has 6 heteroatoms. The Bertz CT molecular complexity index is 858. The number of benzene rings is 2. The zero-order valence-electron chi connectivity index (χ0n) is 13.5. The number of hydrogen-bond acceptors (Lipinski definition) is 4. The van der Waals surface area contributed by atoms with Crippen molar-refractivity contribution in [2.75, 3.05) is 12.4 Å². The summed E-state index contributed by atoms with van der Waals surface area (Å²) in [4.78, 5) is 12.2. The third kappa shape index (κ3) is 4.33. The zero-order valence-corrected chi connectivity index (χ0v) is 14.2. The van der Waals surface area contributed by atoms with Crippen molar-refractivity contribution >= 4 is 23.2 Å². The van der Waals surface area contributed by atoms with Gasteiger partial charge >= 0.3 is 0 Å². The van der Waals surface area contributed by atoms with Crippen molar-refractivity contribution in [1.82, 2.24) is 0 Å². The topological polar surface area (TPSA) is 60.7 Å². The molecule has 3 rings (SSSR count). The highest BCUT2D eigenvalue weighted by Crippen LogP contribution is 2.27. The van der Waals surface area contributed by atoms with Crippen LogP contribution in [0.2, 0.25) is 5.02 Å². The lowest BCUT2D eigenvalue weighted by Crippen LogP contribution is -2.10. The molecule has 0 bridgehead atoms. The molecule has 0 aliphatic heterocycles. The Morgan fingerprint density at radius 1 is 1.04 bits per heavy atom. The van der Waals surface area contributed by atoms with E-state index in [1.165, 1.54) is 0 Å². The van der Waals surface area contributed by atoms with Gasteiger partial charge < -0.3 is 19.2 Å². The molecule has 0 aliphatic rings. The Balaban J connectivity index is 1.61. The highest BCUT2D eigenvalue weighted by Gasteiger charge is 2.12. The first-order valence-electron chi connectivity index (χ1n) is 7.57. The molecular weight excluding hydrogens is 342 g/mol. The SMILES string of the molecule is COc1ccccc1OCc1ccc(C(=O)Nc2ccc(Cl)cc2)o1. The Morgan fingerprint density at radius 2 is 1.76 bits per heavy atom. The smallest absolute Gasteiger partial charge is 0.291 e. The van der Waals surface area contributed by atoms with E-state index in [9.17, 15) is 4.79 Å². The third-order valence-corrected chi connectivity index (χ3v) is 3.68. The van der Waals surface area contributed by atoms with Crippen molar-refractivity contribution in [3.8, 4) is 11.5 Å². The van der Waals surface area contributed by atoms with Gasteiger partial charge in [-0.05, 0) is 48.5 Å². The molecule has 0 fully saturated rings. The molecule has 1 heterocycles. The molecular formula is C19H16ClNO4. The Morgan fingerprint density at radius 3 is 2.48 bits per heavy atom. The molecule has 0 atom stereocenters. The zero-order chi connectivity index (χ0) is 17.6. The van der Waals surface area contributed by atoms with Crippen LogP contribution in [-0.4, -0.2) is 13.0 Å². The number of anilines is 1. The van der Waals surface area contributed by atoms with E-state index in [-0.39, 0.29) is 18.3 Å². The van der Waals surface area contributed by atoms with E-state index in [1.54, 1.807) is 49.6 Å². The third-order valence-electron chi connectivity index (χ3n) is 3.43. The number of furan rings is 1. The summed E-state index contributed by atoms with van der Waals surface area (Å²) in [7, 11) is 1.58. The van der Waals surface area contributed by atoms with Gasteiger partial charge in [-0.25, -0.2) is 0 Å². The van der Waals surface area contributed by atoms with Crippen molar-refractivity contribution in [2.24, 2.45) is 0 Å². The molecule has 128 valence electrons. The summed E-state index contributed by atoms with van der Waals surface area (Å²) in [6.45, 7) is 0.189. The number of halogens is 1. The summed E-state index contributed by atoms with van der Waals surface area (Å²) in [5.74, 6) is 1.63. The van der Waals surface area contributed by atoms with E-state index in [4.69, 9.17) is 25.5 Å². The first-order valence-corrected chi connectivity index (χ1v) is 7.95. The second kappa shape index (κ2) is 7.77. The van der Waals surface area contributed by atoms with E-state index in [0.717, 1.165) is 0 Å². The molecule has 0 saturated heterocycles. The minimum atomic E-state index is -0.342. The van der Waals surface area contributed by atoms with Crippen molar-refractivity contribution in [3.63, 3.8) is 0 Å². The number of ether oxygens (including phenoxy) is 2. The van der Waals surface area contributed by atoms with E-state index in [1.807, 2.05) is 18.2 Å². The molecule has 2 aromatic carbocycles. The normalized spacial score (nSPS) is 10.3. The number of rotatable bonds is 6. The lowest BCUT2D eigenvalue weighted by atomic mass is 10.3. The molecule has 0 saturated carbocycles. The standard InChI is InChI=1S/C19H16ClNO4/c1-23-16-4-2-3-5-17(16)24-12-15-10-11-18(25-15)19(22)21-14-8-6-13(20)7-9-14/h2-11H,12H2,1H3,(H,21,22). The molecule has 0 unspecified atom stereocenters. The van der Waals surface area contributed by atoms with E-state index in [0.29, 0.717) is 28.0 Å². The number of methoxy groups -OCH3 is 1. The minimum Gasteiger partial charge on any atom is -0.493 e. The molecule has 0 spiro atoms. The van der Waals surface area contributed by atoms with Gasteiger partial charge in [0, 0.05) is 10.7 Å². The second-order valence-electron chi connectivity index (χ2n) is 5.17. The number of carbonyl (C=O) groups is 1. The lowest BCUT2D eigenvalue weighted by molar-refractivity contribution is 0.0992. The maximum atomic E-state index is 12.2. The average Bonchev–Trinajstić information content (AvgIpc) is 3.11. The Labute approximate surface area is 150 Å². The molecule has 0 aliphatic carbocycles.